The third-order valence-electron chi connectivity index (χ3n) is 7.62. The monoisotopic (exact) mass is 446 g/mol. The Morgan fingerprint density at radius 1 is 1.18 bits per heavy atom. The fraction of sp³-hybridized carbons (Fsp3) is 0.444. The predicted molar refractivity (Wildman–Crippen MR) is 132 cm³/mol. The average Bonchev–Trinajstić information content (AvgIpc) is 3.18. The van der Waals surface area contributed by atoms with Crippen LogP contribution in [0, 0.1) is 0 Å². The van der Waals surface area contributed by atoms with E-state index in [1.165, 1.54) is 22.9 Å². The number of piperidine rings is 1. The number of aromatic nitrogens is 1. The number of nitrogens with one attached hydrogen (secondary N) is 1. The SMILES string of the molecule is CCN(CC)C(=O)Nn1cc2c3c(cc(C(O)c4ccccc4)cc31)[C@H]1CCCN(C)[C@@H]1C2. The summed E-state index contributed by atoms with van der Waals surface area (Å²) < 4.78 is 1.88. The number of nitrogens with zero attached hydrogens (tertiary/aromatic N) is 3. The molecule has 1 fully saturated rings. The van der Waals surface area contributed by atoms with Crippen LogP contribution in [0.1, 0.15) is 61.0 Å². The maximum absolute atomic E-state index is 12.9. The van der Waals surface area contributed by atoms with Crippen LogP contribution < -0.4 is 5.43 Å². The van der Waals surface area contributed by atoms with Crippen LogP contribution in [0.25, 0.3) is 10.9 Å². The van der Waals surface area contributed by atoms with Crippen LogP contribution in [0.2, 0.25) is 0 Å². The van der Waals surface area contributed by atoms with Crippen molar-refractivity contribution in [3.05, 3.63) is 70.9 Å². The summed E-state index contributed by atoms with van der Waals surface area (Å²) in [6, 6.07) is 14.4. The van der Waals surface area contributed by atoms with E-state index in [1.807, 2.05) is 48.9 Å². The summed E-state index contributed by atoms with van der Waals surface area (Å²) >= 11 is 0. The van der Waals surface area contributed by atoms with Gasteiger partial charge in [0.1, 0.15) is 6.10 Å². The van der Waals surface area contributed by atoms with Gasteiger partial charge in [0.2, 0.25) is 0 Å². The third-order valence-corrected chi connectivity index (χ3v) is 7.62. The number of fused-ring (bicyclic) bond motifs is 2. The van der Waals surface area contributed by atoms with Crippen molar-refractivity contribution < 1.29 is 9.90 Å². The van der Waals surface area contributed by atoms with Crippen LogP contribution >= 0.6 is 0 Å². The Kier molecular flexibility index (Phi) is 5.89. The Labute approximate surface area is 195 Å². The van der Waals surface area contributed by atoms with Crippen LogP contribution in [-0.2, 0) is 6.42 Å². The highest BCUT2D eigenvalue weighted by molar-refractivity contribution is 5.92. The molecule has 5 rings (SSSR count). The smallest absolute Gasteiger partial charge is 0.336 e. The summed E-state index contributed by atoms with van der Waals surface area (Å²) in [5.74, 6) is 0.441. The molecular weight excluding hydrogens is 412 g/mol. The van der Waals surface area contributed by atoms with Gasteiger partial charge in [0, 0.05) is 36.6 Å². The van der Waals surface area contributed by atoms with Gasteiger partial charge < -0.3 is 14.9 Å². The molecule has 3 atom stereocenters. The molecule has 1 saturated heterocycles. The third kappa shape index (κ3) is 3.81. The first kappa shape index (κ1) is 22.0. The van der Waals surface area contributed by atoms with Gasteiger partial charge in [-0.3, -0.25) is 4.68 Å². The van der Waals surface area contributed by atoms with Crippen molar-refractivity contribution in [2.75, 3.05) is 32.1 Å². The molecule has 1 aliphatic carbocycles. The van der Waals surface area contributed by atoms with Crippen molar-refractivity contribution in [2.24, 2.45) is 0 Å². The molecule has 1 unspecified atom stereocenters. The lowest BCUT2D eigenvalue weighted by Gasteiger charge is -2.42. The van der Waals surface area contributed by atoms with E-state index in [9.17, 15) is 9.90 Å². The van der Waals surface area contributed by atoms with Gasteiger partial charge in [-0.05, 0) is 75.0 Å². The Balaban J connectivity index is 1.65. The first-order valence-electron chi connectivity index (χ1n) is 12.2. The second-order valence-corrected chi connectivity index (χ2v) is 9.43. The zero-order chi connectivity index (χ0) is 23.1. The number of benzene rings is 2. The van der Waals surface area contributed by atoms with Gasteiger partial charge in [0.05, 0.1) is 5.52 Å². The number of carbonyl (C=O) groups is 1. The van der Waals surface area contributed by atoms with Crippen LogP contribution in [-0.4, -0.2) is 58.3 Å². The number of aliphatic hydroxyl groups is 1. The molecule has 0 radical (unpaired) electrons. The highest BCUT2D eigenvalue weighted by atomic mass is 16.3. The molecule has 0 bridgehead atoms. The largest absolute Gasteiger partial charge is 0.384 e. The van der Waals surface area contributed by atoms with Gasteiger partial charge in [-0.25, -0.2) is 10.2 Å². The van der Waals surface area contributed by atoms with Crippen molar-refractivity contribution in [3.63, 3.8) is 0 Å². The van der Waals surface area contributed by atoms with Gasteiger partial charge in [-0.1, -0.05) is 36.4 Å². The lowest BCUT2D eigenvalue weighted by molar-refractivity contribution is 0.156. The van der Waals surface area contributed by atoms with Crippen LogP contribution in [0.15, 0.2) is 48.7 Å². The van der Waals surface area contributed by atoms with Crippen molar-refractivity contribution in [1.29, 1.82) is 0 Å². The van der Waals surface area contributed by atoms with Crippen molar-refractivity contribution in [2.45, 2.75) is 51.2 Å². The molecule has 6 heteroatoms. The number of urea groups is 1. The summed E-state index contributed by atoms with van der Waals surface area (Å²) in [5, 5.41) is 12.5. The second-order valence-electron chi connectivity index (χ2n) is 9.43. The lowest BCUT2D eigenvalue weighted by Crippen LogP contribution is -2.44. The van der Waals surface area contributed by atoms with E-state index in [4.69, 9.17) is 0 Å². The van der Waals surface area contributed by atoms with E-state index < -0.39 is 6.10 Å². The molecule has 1 aliphatic heterocycles. The van der Waals surface area contributed by atoms with Gasteiger partial charge in [-0.15, -0.1) is 0 Å². The van der Waals surface area contributed by atoms with Gasteiger partial charge in [0.25, 0.3) is 0 Å². The first-order chi connectivity index (χ1) is 16.0. The fourth-order valence-electron chi connectivity index (χ4n) is 5.82. The lowest BCUT2D eigenvalue weighted by atomic mass is 9.74. The quantitative estimate of drug-likeness (QED) is 0.608. The Morgan fingerprint density at radius 2 is 1.94 bits per heavy atom. The summed E-state index contributed by atoms with van der Waals surface area (Å²) in [5.41, 5.74) is 8.41. The normalized spacial score (nSPS) is 21.0. The standard InChI is InChI=1S/C27H34N4O2/c1-4-30(5-2)27(33)28-31-17-20-16-23-21(12-9-13-29(23)3)22-14-19(15-24(31)25(20)22)26(32)18-10-7-6-8-11-18/h6-8,10-11,14-15,17,21,23,26,32H,4-5,9,12-13,16H2,1-3H3,(H,28,33)/t21-,23-,26?/m1/s1. The molecule has 2 aromatic carbocycles. The minimum absolute atomic E-state index is 0.104. The van der Waals surface area contributed by atoms with Gasteiger partial charge in [0.15, 0.2) is 0 Å². The highest BCUT2D eigenvalue weighted by Gasteiger charge is 2.37. The number of carbonyl (C=O) groups excluding carboxylic acids is 1. The number of likely N-dealkylation sites (N-methyl/N-ethyl adjacent to an activating group) is 1. The molecule has 2 amide bonds. The molecule has 6 nitrogen and oxygen atoms in total. The molecule has 2 aliphatic rings. The van der Waals surface area contributed by atoms with E-state index in [0.717, 1.165) is 36.0 Å². The van der Waals surface area contributed by atoms with E-state index in [1.54, 1.807) is 4.90 Å². The van der Waals surface area contributed by atoms with Crippen molar-refractivity contribution in [1.82, 2.24) is 14.5 Å². The second kappa shape index (κ2) is 8.84. The summed E-state index contributed by atoms with van der Waals surface area (Å²) in [7, 11) is 2.22. The molecule has 0 spiro atoms. The average molecular weight is 447 g/mol. The molecule has 33 heavy (non-hydrogen) atoms. The zero-order valence-electron chi connectivity index (χ0n) is 19.8. The number of aliphatic hydroxyl groups excluding tert-OH is 1. The summed E-state index contributed by atoms with van der Waals surface area (Å²) in [4.78, 5) is 17.2. The van der Waals surface area contributed by atoms with Crippen LogP contribution in [0.4, 0.5) is 4.79 Å². The molecule has 2 heterocycles. The minimum atomic E-state index is -0.709. The Morgan fingerprint density at radius 3 is 2.67 bits per heavy atom. The Hall–Kier alpha value is -2.83. The molecule has 2 N–H and O–H groups in total. The first-order valence-corrected chi connectivity index (χ1v) is 12.2. The van der Waals surface area contributed by atoms with Crippen molar-refractivity contribution in [3.8, 4) is 0 Å². The minimum Gasteiger partial charge on any atom is -0.384 e. The van der Waals surface area contributed by atoms with Crippen LogP contribution in [0.5, 0.6) is 0 Å². The molecule has 3 aromatic rings. The van der Waals surface area contributed by atoms with Crippen molar-refractivity contribution >= 4 is 16.9 Å². The van der Waals surface area contributed by atoms with Gasteiger partial charge in [-0.2, -0.15) is 0 Å². The van der Waals surface area contributed by atoms with Crippen LogP contribution in [0.3, 0.4) is 0 Å². The molecule has 174 valence electrons. The van der Waals surface area contributed by atoms with Gasteiger partial charge >= 0.3 is 6.03 Å². The topological polar surface area (TPSA) is 60.7 Å². The maximum atomic E-state index is 12.9. The molecule has 1 aromatic heterocycles. The van der Waals surface area contributed by atoms with E-state index in [0.29, 0.717) is 25.0 Å². The summed E-state index contributed by atoms with van der Waals surface area (Å²) in [6.07, 6.45) is 4.70. The number of hydrogen-bond acceptors (Lipinski definition) is 3. The highest BCUT2D eigenvalue weighted by Crippen LogP contribution is 2.45. The summed E-state index contributed by atoms with van der Waals surface area (Å²) in [6.45, 7) is 6.41. The van der Waals surface area contributed by atoms with E-state index >= 15 is 0 Å². The molecular formula is C27H34N4O2. The van der Waals surface area contributed by atoms with E-state index in [-0.39, 0.29) is 6.03 Å². The van der Waals surface area contributed by atoms with E-state index in [2.05, 4.69) is 35.7 Å². The Bertz CT molecular complexity index is 1150. The number of hydrogen-bond donors (Lipinski definition) is 2. The molecule has 0 saturated carbocycles. The number of amides is 2. The number of rotatable bonds is 5. The zero-order valence-corrected chi connectivity index (χ0v) is 19.8. The fourth-order valence-corrected chi connectivity index (χ4v) is 5.82. The predicted octanol–water partition coefficient (Wildman–Crippen LogP) is 4.46. The maximum Gasteiger partial charge on any atom is 0.336 e. The number of likely N-dealkylation sites (tertiary alicyclic amines) is 1.